The molecule has 184 valence electrons. The lowest BCUT2D eigenvalue weighted by Gasteiger charge is -2.29. The number of hydrogen-bond acceptors (Lipinski definition) is 7. The molecule has 1 aromatic carbocycles. The number of carbonyl (C=O) groups is 2. The predicted octanol–water partition coefficient (Wildman–Crippen LogP) is 4.89. The molecule has 0 bridgehead atoms. The Morgan fingerprint density at radius 2 is 1.97 bits per heavy atom. The van der Waals surface area contributed by atoms with Gasteiger partial charge in [0.25, 0.3) is 11.1 Å². The van der Waals surface area contributed by atoms with Crippen LogP contribution in [0.2, 0.25) is 0 Å². The van der Waals surface area contributed by atoms with Gasteiger partial charge in [0.2, 0.25) is 0 Å². The zero-order chi connectivity index (χ0) is 24.9. The first-order valence-corrected chi connectivity index (χ1v) is 12.8. The average molecular weight is 504 g/mol. The van der Waals surface area contributed by atoms with Gasteiger partial charge in [0.15, 0.2) is 0 Å². The number of imide groups is 1. The van der Waals surface area contributed by atoms with E-state index in [2.05, 4.69) is 25.6 Å². The lowest BCUT2D eigenvalue weighted by molar-refractivity contribution is -0.115. The molecular formula is C27H26FN5O2S. The highest BCUT2D eigenvalue weighted by Crippen LogP contribution is 2.29. The number of halogens is 1. The van der Waals surface area contributed by atoms with Crippen molar-refractivity contribution in [1.29, 1.82) is 0 Å². The maximum atomic E-state index is 13.9. The summed E-state index contributed by atoms with van der Waals surface area (Å²) in [5.74, 6) is 0.611. The van der Waals surface area contributed by atoms with E-state index in [1.54, 1.807) is 36.8 Å². The molecule has 7 nitrogen and oxygen atoms in total. The number of nitrogens with one attached hydrogen (secondary N) is 2. The molecule has 2 fully saturated rings. The van der Waals surface area contributed by atoms with Gasteiger partial charge in [0.1, 0.15) is 11.6 Å². The van der Waals surface area contributed by atoms with Crippen LogP contribution in [0.5, 0.6) is 0 Å². The highest BCUT2D eigenvalue weighted by atomic mass is 32.2. The predicted molar refractivity (Wildman–Crippen MR) is 137 cm³/mol. The second-order valence-electron chi connectivity index (χ2n) is 9.10. The summed E-state index contributed by atoms with van der Waals surface area (Å²) in [6.45, 7) is 0.674. The fraction of sp³-hybridized carbons (Fsp3) is 0.296. The first kappa shape index (κ1) is 24.3. The van der Waals surface area contributed by atoms with Crippen LogP contribution in [-0.2, 0) is 17.8 Å². The Bertz CT molecular complexity index is 1290. The van der Waals surface area contributed by atoms with Gasteiger partial charge in [0.05, 0.1) is 10.6 Å². The van der Waals surface area contributed by atoms with Gasteiger partial charge < -0.3 is 5.32 Å². The fourth-order valence-corrected chi connectivity index (χ4v) is 5.39. The van der Waals surface area contributed by atoms with Crippen LogP contribution in [0.15, 0.2) is 59.9 Å². The fourth-order valence-electron chi connectivity index (χ4n) is 4.73. The number of rotatable bonds is 7. The van der Waals surface area contributed by atoms with Crippen molar-refractivity contribution in [3.8, 4) is 11.1 Å². The second kappa shape index (κ2) is 11.1. The van der Waals surface area contributed by atoms with E-state index in [1.165, 1.54) is 6.07 Å². The number of amides is 2. The largest absolute Gasteiger partial charge is 0.310 e. The molecule has 2 aromatic heterocycles. The number of nitrogens with zero attached hydrogens (tertiary/aromatic N) is 3. The molecule has 1 aliphatic carbocycles. The van der Waals surface area contributed by atoms with Crippen LogP contribution >= 0.6 is 11.8 Å². The van der Waals surface area contributed by atoms with Crippen molar-refractivity contribution in [1.82, 2.24) is 25.6 Å². The Hall–Kier alpha value is -3.43. The molecule has 3 heterocycles. The van der Waals surface area contributed by atoms with Gasteiger partial charge in [-0.15, -0.1) is 0 Å². The van der Waals surface area contributed by atoms with Gasteiger partial charge >= 0.3 is 0 Å². The molecule has 0 radical (unpaired) electrons. The summed E-state index contributed by atoms with van der Waals surface area (Å²) in [6, 6.07) is 10.9. The van der Waals surface area contributed by atoms with Crippen molar-refractivity contribution in [2.75, 3.05) is 0 Å². The minimum atomic E-state index is -0.385. The molecule has 0 unspecified atom stereocenters. The molecule has 0 atom stereocenters. The SMILES string of the molecule is O=C1NC(=O)/C(=C/c2ccnc(CC3CCC(NCc4ccc(F)cc4-c4cccnc4)CC3)n2)S1. The van der Waals surface area contributed by atoms with Gasteiger partial charge in [-0.1, -0.05) is 12.1 Å². The van der Waals surface area contributed by atoms with Crippen LogP contribution in [0.4, 0.5) is 9.18 Å². The van der Waals surface area contributed by atoms with E-state index in [1.807, 2.05) is 18.2 Å². The van der Waals surface area contributed by atoms with E-state index in [9.17, 15) is 14.0 Å². The molecule has 0 spiro atoms. The molecular weight excluding hydrogens is 477 g/mol. The Labute approximate surface area is 213 Å². The zero-order valence-electron chi connectivity index (χ0n) is 19.6. The van der Waals surface area contributed by atoms with Gasteiger partial charge in [-0.3, -0.25) is 19.9 Å². The van der Waals surface area contributed by atoms with E-state index in [0.29, 0.717) is 29.1 Å². The lowest BCUT2D eigenvalue weighted by Crippen LogP contribution is -2.33. The van der Waals surface area contributed by atoms with Crippen molar-refractivity contribution in [2.45, 2.75) is 44.7 Å². The zero-order valence-corrected chi connectivity index (χ0v) is 20.4. The molecule has 2 amide bonds. The number of thioether (sulfide) groups is 1. The van der Waals surface area contributed by atoms with Crippen LogP contribution in [0.25, 0.3) is 17.2 Å². The molecule has 1 saturated carbocycles. The smallest absolute Gasteiger partial charge is 0.290 e. The first-order chi connectivity index (χ1) is 17.5. The summed E-state index contributed by atoms with van der Waals surface area (Å²) in [5.41, 5.74) is 3.47. The number of benzene rings is 1. The maximum Gasteiger partial charge on any atom is 0.290 e. The summed E-state index contributed by atoms with van der Waals surface area (Å²) in [5, 5.41) is 5.55. The summed E-state index contributed by atoms with van der Waals surface area (Å²) in [4.78, 5) is 36.7. The van der Waals surface area contributed by atoms with Gasteiger partial charge in [-0.25, -0.2) is 14.4 Å². The third-order valence-electron chi connectivity index (χ3n) is 6.59. The summed E-state index contributed by atoms with van der Waals surface area (Å²) >= 11 is 0.886. The molecule has 36 heavy (non-hydrogen) atoms. The van der Waals surface area contributed by atoms with E-state index in [4.69, 9.17) is 0 Å². The van der Waals surface area contributed by atoms with Gasteiger partial charge in [-0.2, -0.15) is 0 Å². The van der Waals surface area contributed by atoms with Crippen molar-refractivity contribution in [3.05, 3.63) is 82.8 Å². The third-order valence-corrected chi connectivity index (χ3v) is 7.40. The molecule has 9 heteroatoms. The Kier molecular flexibility index (Phi) is 7.48. The highest BCUT2D eigenvalue weighted by Gasteiger charge is 2.26. The summed E-state index contributed by atoms with van der Waals surface area (Å²) in [7, 11) is 0. The van der Waals surface area contributed by atoms with Crippen LogP contribution in [0.1, 0.15) is 42.8 Å². The number of hydrogen-bond donors (Lipinski definition) is 2. The van der Waals surface area contributed by atoms with Crippen LogP contribution in [0.3, 0.4) is 0 Å². The number of carbonyl (C=O) groups excluding carboxylic acids is 2. The van der Waals surface area contributed by atoms with Crippen LogP contribution < -0.4 is 10.6 Å². The maximum absolute atomic E-state index is 13.9. The summed E-state index contributed by atoms with van der Waals surface area (Å²) < 4.78 is 13.9. The lowest BCUT2D eigenvalue weighted by atomic mass is 9.84. The molecule has 1 aliphatic heterocycles. The van der Waals surface area contributed by atoms with Crippen LogP contribution in [0, 0.1) is 11.7 Å². The molecule has 3 aromatic rings. The monoisotopic (exact) mass is 503 g/mol. The summed E-state index contributed by atoms with van der Waals surface area (Å²) in [6.07, 6.45) is 11.8. The van der Waals surface area contributed by atoms with Crippen LogP contribution in [-0.4, -0.2) is 32.1 Å². The second-order valence-corrected chi connectivity index (χ2v) is 10.1. The van der Waals surface area contributed by atoms with E-state index in [-0.39, 0.29) is 17.0 Å². The van der Waals surface area contributed by atoms with Gasteiger partial charge in [-0.05, 0) is 84.8 Å². The normalized spacial score (nSPS) is 21.1. The van der Waals surface area contributed by atoms with E-state index < -0.39 is 0 Å². The molecule has 5 rings (SSSR count). The first-order valence-electron chi connectivity index (χ1n) is 12.0. The molecule has 2 N–H and O–H groups in total. The van der Waals surface area contributed by atoms with Crippen molar-refractivity contribution < 1.29 is 14.0 Å². The minimum absolute atomic E-state index is 0.251. The molecule has 2 aliphatic rings. The van der Waals surface area contributed by atoms with E-state index >= 15 is 0 Å². The quantitative estimate of drug-likeness (QED) is 0.443. The average Bonchev–Trinajstić information content (AvgIpc) is 3.21. The minimum Gasteiger partial charge on any atom is -0.310 e. The highest BCUT2D eigenvalue weighted by molar-refractivity contribution is 8.18. The van der Waals surface area contributed by atoms with E-state index in [0.717, 1.165) is 66.4 Å². The standard InChI is InChI=1S/C27H26FN5O2S/c28-20-6-5-19(23(13-20)18-2-1-10-29-15-18)16-31-21-7-3-17(4-8-21)12-25-30-11-9-22(32-25)14-24-26(34)33-27(35)36-24/h1-2,5-6,9-11,13-15,17,21,31H,3-4,7-8,12,16H2,(H,33,34,35)/b24-14-. The molecule has 1 saturated heterocycles. The number of aromatic nitrogens is 3. The van der Waals surface area contributed by atoms with Crippen molar-refractivity contribution in [2.24, 2.45) is 5.92 Å². The topological polar surface area (TPSA) is 96.9 Å². The van der Waals surface area contributed by atoms with Gasteiger partial charge in [0, 0.05) is 43.2 Å². The van der Waals surface area contributed by atoms with Crippen molar-refractivity contribution >= 4 is 29.0 Å². The Morgan fingerprint density at radius 1 is 1.11 bits per heavy atom. The van der Waals surface area contributed by atoms with Crippen molar-refractivity contribution in [3.63, 3.8) is 0 Å². The Morgan fingerprint density at radius 3 is 2.72 bits per heavy atom. The number of pyridine rings is 1. The third kappa shape index (κ3) is 6.03. The Balaban J connectivity index is 1.15.